The van der Waals surface area contributed by atoms with Gasteiger partial charge in [-0.15, -0.1) is 0 Å². The minimum Gasteiger partial charge on any atom is -0.504 e. The van der Waals surface area contributed by atoms with Gasteiger partial charge in [-0.1, -0.05) is 71.8 Å². The Hall–Kier alpha value is -4.96. The van der Waals surface area contributed by atoms with Crippen LogP contribution in [0.3, 0.4) is 0 Å². The number of anilines is 1. The summed E-state index contributed by atoms with van der Waals surface area (Å²) in [4.78, 5) is 70.7. The number of phenols is 1. The Balaban J connectivity index is 1.52. The fourth-order valence-corrected chi connectivity index (χ4v) is 8.53. The van der Waals surface area contributed by atoms with Crippen molar-refractivity contribution in [2.75, 3.05) is 11.5 Å². The van der Waals surface area contributed by atoms with Crippen LogP contribution in [0.25, 0.3) is 0 Å². The number of hydrogen-bond acceptors (Lipinski definition) is 7. The van der Waals surface area contributed by atoms with Crippen molar-refractivity contribution in [3.8, 4) is 11.5 Å². The predicted octanol–water partition coefficient (Wildman–Crippen LogP) is 4.69. The fraction of sp³-hybridized carbons (Fsp3) is 0.286. The van der Waals surface area contributed by atoms with Crippen LogP contribution in [0.4, 0.5) is 10.5 Å². The van der Waals surface area contributed by atoms with E-state index in [0.29, 0.717) is 32.3 Å². The summed E-state index contributed by atoms with van der Waals surface area (Å²) in [5.41, 5.74) is 5.73. The summed E-state index contributed by atoms with van der Waals surface area (Å²) >= 11 is 6.33. The van der Waals surface area contributed by atoms with E-state index in [-0.39, 0.29) is 30.9 Å². The third-order valence-corrected chi connectivity index (χ3v) is 10.3. The van der Waals surface area contributed by atoms with Crippen LogP contribution in [0.1, 0.15) is 36.8 Å². The molecular formula is C35H30ClN3O7. The number of primary amides is 1. The Morgan fingerprint density at radius 2 is 1.72 bits per heavy atom. The number of rotatable bonds is 5. The molecule has 2 heterocycles. The molecule has 2 aliphatic heterocycles. The van der Waals surface area contributed by atoms with Gasteiger partial charge in [-0.25, -0.2) is 9.69 Å². The van der Waals surface area contributed by atoms with Crippen LogP contribution in [-0.4, -0.2) is 46.3 Å². The number of imide groups is 4. The Morgan fingerprint density at radius 3 is 2.41 bits per heavy atom. The SMILES string of the molecule is CCOc1cccc([C@H]2C3=CC[C@@H]4C(=O)N(C(N)=O)C(=O)[C@@H]4[C@@H]3C[C@H]3C(=O)N(c4cccc(Cl)c4)C(=O)[C@@]23c2ccccc2)c1O. The second kappa shape index (κ2) is 10.8. The quantitative estimate of drug-likeness (QED) is 0.304. The van der Waals surface area contributed by atoms with Gasteiger partial charge in [-0.2, -0.15) is 4.90 Å². The van der Waals surface area contributed by atoms with Gasteiger partial charge in [0.15, 0.2) is 11.5 Å². The van der Waals surface area contributed by atoms with Gasteiger partial charge in [0.05, 0.1) is 35.5 Å². The van der Waals surface area contributed by atoms with Crippen molar-refractivity contribution in [3.63, 3.8) is 0 Å². The molecule has 3 aromatic rings. The number of carbonyl (C=O) groups excluding carboxylic acids is 5. The average Bonchev–Trinajstić information content (AvgIpc) is 3.43. The van der Waals surface area contributed by atoms with Crippen LogP contribution in [-0.2, 0) is 24.6 Å². The van der Waals surface area contributed by atoms with Crippen molar-refractivity contribution in [3.05, 3.63) is 101 Å². The Morgan fingerprint density at radius 1 is 0.978 bits per heavy atom. The Bertz CT molecular complexity index is 1860. The number of nitrogens with two attached hydrogens (primary N) is 1. The minimum absolute atomic E-state index is 0.0393. The smallest absolute Gasteiger partial charge is 0.328 e. The highest BCUT2D eigenvalue weighted by molar-refractivity contribution is 6.32. The first kappa shape index (κ1) is 29.7. The van der Waals surface area contributed by atoms with Gasteiger partial charge in [0, 0.05) is 16.5 Å². The van der Waals surface area contributed by atoms with Crippen LogP contribution in [0.2, 0.25) is 5.02 Å². The highest BCUT2D eigenvalue weighted by atomic mass is 35.5. The number of hydrogen-bond donors (Lipinski definition) is 2. The zero-order valence-corrected chi connectivity index (χ0v) is 25.5. The van der Waals surface area contributed by atoms with E-state index in [9.17, 15) is 24.3 Å². The lowest BCUT2D eigenvalue weighted by molar-refractivity contribution is -0.136. The molecule has 2 saturated heterocycles. The number of urea groups is 1. The van der Waals surface area contributed by atoms with Gasteiger partial charge in [0.1, 0.15) is 0 Å². The summed E-state index contributed by atoms with van der Waals surface area (Å²) in [6, 6.07) is 19.3. The molecule has 3 aromatic carbocycles. The lowest BCUT2D eigenvalue weighted by Crippen LogP contribution is -2.53. The molecule has 6 amide bonds. The lowest BCUT2D eigenvalue weighted by Gasteiger charge is -2.50. The normalized spacial score (nSPS) is 28.5. The molecule has 6 atom stereocenters. The van der Waals surface area contributed by atoms with Gasteiger partial charge >= 0.3 is 6.03 Å². The second-order valence-corrected chi connectivity index (χ2v) is 12.5. The maximum absolute atomic E-state index is 15.2. The topological polar surface area (TPSA) is 147 Å². The van der Waals surface area contributed by atoms with Crippen LogP contribution >= 0.6 is 11.6 Å². The summed E-state index contributed by atoms with van der Waals surface area (Å²) in [5, 5.41) is 12.1. The summed E-state index contributed by atoms with van der Waals surface area (Å²) in [6.07, 6.45) is 1.99. The molecule has 1 saturated carbocycles. The number of aromatic hydroxyl groups is 1. The van der Waals surface area contributed by atoms with Gasteiger partial charge in [-0.05, 0) is 55.5 Å². The maximum atomic E-state index is 15.2. The van der Waals surface area contributed by atoms with E-state index >= 15 is 4.79 Å². The van der Waals surface area contributed by atoms with Crippen molar-refractivity contribution >= 4 is 46.9 Å². The molecule has 7 rings (SSSR count). The van der Waals surface area contributed by atoms with E-state index in [4.69, 9.17) is 22.1 Å². The van der Waals surface area contributed by atoms with Crippen LogP contribution in [0, 0.1) is 23.7 Å². The molecule has 11 heteroatoms. The Labute approximate surface area is 269 Å². The van der Waals surface area contributed by atoms with Gasteiger partial charge < -0.3 is 15.6 Å². The van der Waals surface area contributed by atoms with Crippen molar-refractivity contribution in [2.45, 2.75) is 31.1 Å². The second-order valence-electron chi connectivity index (χ2n) is 12.1. The number of ether oxygens (including phenoxy) is 1. The number of fused-ring (bicyclic) bond motifs is 4. The molecule has 3 N–H and O–H groups in total. The minimum atomic E-state index is -1.56. The standard InChI is InChI=1S/C35H30ClN3O7/c1-2-46-26-13-7-12-23(29(26)40)28-21-14-15-22-27(32(43)39(30(22)41)34(37)45)24(21)17-25-31(42)38(20-11-6-10-19(36)16-20)33(44)35(25,28)18-8-4-3-5-9-18/h3-14,16,22,24-25,27-28,40H,2,15,17H2,1H3,(H2,37,45)/t22-,24+,25-,27-,28+,35+/m0/s1. The number of allylic oxidation sites excluding steroid dienone is 2. The monoisotopic (exact) mass is 639 g/mol. The van der Waals surface area contributed by atoms with E-state index in [1.165, 1.54) is 0 Å². The molecule has 4 aliphatic rings. The van der Waals surface area contributed by atoms with Gasteiger partial charge in [0.25, 0.3) is 0 Å². The summed E-state index contributed by atoms with van der Waals surface area (Å²) < 4.78 is 5.74. The summed E-state index contributed by atoms with van der Waals surface area (Å²) in [5.74, 6) is -6.90. The first-order valence-electron chi connectivity index (χ1n) is 15.1. The highest BCUT2D eigenvalue weighted by Crippen LogP contribution is 2.65. The van der Waals surface area contributed by atoms with Crippen molar-refractivity contribution in [2.24, 2.45) is 29.4 Å². The average molecular weight is 640 g/mol. The zero-order valence-electron chi connectivity index (χ0n) is 24.8. The summed E-state index contributed by atoms with van der Waals surface area (Å²) in [7, 11) is 0. The number of likely N-dealkylation sites (tertiary alicyclic amines) is 1. The van der Waals surface area contributed by atoms with Crippen molar-refractivity contribution < 1.29 is 33.8 Å². The largest absolute Gasteiger partial charge is 0.504 e. The number of amides is 6. The number of phenolic OH excluding ortho intramolecular Hbond substituents is 1. The first-order valence-corrected chi connectivity index (χ1v) is 15.5. The molecule has 10 nitrogen and oxygen atoms in total. The van der Waals surface area contributed by atoms with Crippen molar-refractivity contribution in [1.29, 1.82) is 0 Å². The molecule has 0 radical (unpaired) electrons. The van der Waals surface area contributed by atoms with E-state index in [1.54, 1.807) is 73.7 Å². The molecule has 3 fully saturated rings. The molecule has 2 aliphatic carbocycles. The van der Waals surface area contributed by atoms with E-state index in [0.717, 1.165) is 4.90 Å². The molecule has 46 heavy (non-hydrogen) atoms. The number of para-hydroxylation sites is 1. The lowest BCUT2D eigenvalue weighted by atomic mass is 9.49. The number of carbonyl (C=O) groups is 5. The van der Waals surface area contributed by atoms with E-state index in [1.807, 2.05) is 12.1 Å². The third-order valence-electron chi connectivity index (χ3n) is 10.0. The number of halogens is 1. The molecular weight excluding hydrogens is 610 g/mol. The zero-order chi connectivity index (χ0) is 32.5. The molecule has 0 spiro atoms. The van der Waals surface area contributed by atoms with E-state index in [2.05, 4.69) is 0 Å². The third kappa shape index (κ3) is 3.99. The molecule has 0 unspecified atom stereocenters. The Kier molecular flexibility index (Phi) is 7.01. The predicted molar refractivity (Wildman–Crippen MR) is 167 cm³/mol. The maximum Gasteiger partial charge on any atom is 0.328 e. The van der Waals surface area contributed by atoms with Crippen molar-refractivity contribution in [1.82, 2.24) is 4.90 Å². The van der Waals surface area contributed by atoms with Gasteiger partial charge in [-0.3, -0.25) is 19.2 Å². The van der Waals surface area contributed by atoms with Crippen LogP contribution in [0.15, 0.2) is 84.4 Å². The highest BCUT2D eigenvalue weighted by Gasteiger charge is 2.70. The fourth-order valence-electron chi connectivity index (χ4n) is 8.35. The first-order chi connectivity index (χ1) is 22.1. The number of nitrogens with zero attached hydrogens (tertiary/aromatic N) is 2. The number of benzene rings is 3. The molecule has 0 bridgehead atoms. The van der Waals surface area contributed by atoms with Crippen LogP contribution < -0.4 is 15.4 Å². The summed E-state index contributed by atoms with van der Waals surface area (Å²) in [6.45, 7) is 2.05. The van der Waals surface area contributed by atoms with Crippen LogP contribution in [0.5, 0.6) is 11.5 Å². The van der Waals surface area contributed by atoms with E-state index < -0.39 is 64.7 Å². The molecule has 0 aromatic heterocycles. The molecule has 234 valence electrons. The van der Waals surface area contributed by atoms with Gasteiger partial charge in [0.2, 0.25) is 23.6 Å².